The van der Waals surface area contributed by atoms with Gasteiger partial charge in [-0.25, -0.2) is 0 Å². The van der Waals surface area contributed by atoms with Crippen LogP contribution in [0, 0.1) is 11.8 Å². The Morgan fingerprint density at radius 2 is 2.10 bits per heavy atom. The molecule has 1 heterocycles. The van der Waals surface area contributed by atoms with E-state index in [1.165, 1.54) is 11.0 Å². The van der Waals surface area contributed by atoms with Gasteiger partial charge < -0.3 is 15.0 Å². The van der Waals surface area contributed by atoms with E-state index >= 15 is 0 Å². The van der Waals surface area contributed by atoms with Crippen LogP contribution in [0.4, 0.5) is 0 Å². The van der Waals surface area contributed by atoms with Crippen LogP contribution in [-0.4, -0.2) is 40.6 Å². The lowest BCUT2D eigenvalue weighted by Crippen LogP contribution is -2.35. The number of rotatable bonds is 6. The first-order valence-electron chi connectivity index (χ1n) is 7.53. The van der Waals surface area contributed by atoms with E-state index in [0.29, 0.717) is 23.9 Å². The maximum Gasteiger partial charge on any atom is 0.253 e. The fraction of sp³-hybridized carbons (Fsp3) is 0.625. The molecule has 116 valence electrons. The average molecular weight is 292 g/mol. The Kier molecular flexibility index (Phi) is 4.83. The van der Waals surface area contributed by atoms with E-state index in [9.17, 15) is 14.7 Å². The molecule has 0 aliphatic heterocycles. The van der Waals surface area contributed by atoms with E-state index in [2.05, 4.69) is 18.8 Å². The number of pyridine rings is 1. The number of aliphatic hydroxyl groups is 1. The third-order valence-electron chi connectivity index (χ3n) is 3.75. The number of hydrogen-bond donors (Lipinski definition) is 2. The highest BCUT2D eigenvalue weighted by atomic mass is 16.3. The molecular formula is C16H24N2O3. The minimum absolute atomic E-state index is 0.217. The molecular weight excluding hydrogens is 268 g/mol. The summed E-state index contributed by atoms with van der Waals surface area (Å²) in [5.41, 5.74) is 0.907. The zero-order chi connectivity index (χ0) is 15.6. The summed E-state index contributed by atoms with van der Waals surface area (Å²) < 4.78 is 0. The maximum atomic E-state index is 12.4. The summed E-state index contributed by atoms with van der Waals surface area (Å²) in [6.45, 7) is 4.44. The number of nitrogens with zero attached hydrogens (tertiary/aromatic N) is 1. The van der Waals surface area contributed by atoms with Crippen molar-refractivity contribution in [2.75, 3.05) is 13.6 Å². The van der Waals surface area contributed by atoms with Crippen LogP contribution >= 0.6 is 0 Å². The van der Waals surface area contributed by atoms with Crippen molar-refractivity contribution in [3.8, 4) is 0 Å². The molecule has 0 spiro atoms. The number of nitrogens with one attached hydrogen (secondary N) is 1. The summed E-state index contributed by atoms with van der Waals surface area (Å²) >= 11 is 0. The molecule has 0 bridgehead atoms. The van der Waals surface area contributed by atoms with Gasteiger partial charge in [-0.1, -0.05) is 13.8 Å². The number of aliphatic hydroxyl groups excluding tert-OH is 1. The number of carbonyl (C=O) groups excluding carboxylic acids is 1. The Bertz CT molecular complexity index is 561. The Labute approximate surface area is 125 Å². The summed E-state index contributed by atoms with van der Waals surface area (Å²) in [6.07, 6.45) is 2.33. The lowest BCUT2D eigenvalue weighted by Gasteiger charge is -2.21. The molecule has 1 fully saturated rings. The summed E-state index contributed by atoms with van der Waals surface area (Å²) in [7, 11) is 1.66. The van der Waals surface area contributed by atoms with Gasteiger partial charge in [0.05, 0.1) is 6.10 Å². The van der Waals surface area contributed by atoms with E-state index in [4.69, 9.17) is 0 Å². The van der Waals surface area contributed by atoms with Gasteiger partial charge in [-0.3, -0.25) is 9.59 Å². The minimum Gasteiger partial charge on any atom is -0.391 e. The van der Waals surface area contributed by atoms with Crippen LogP contribution < -0.4 is 5.56 Å². The number of hydrogen-bond acceptors (Lipinski definition) is 3. The smallest absolute Gasteiger partial charge is 0.253 e. The molecule has 5 heteroatoms. The van der Waals surface area contributed by atoms with Gasteiger partial charge in [0, 0.05) is 30.9 Å². The molecule has 5 nitrogen and oxygen atoms in total. The second kappa shape index (κ2) is 6.43. The van der Waals surface area contributed by atoms with Gasteiger partial charge in [-0.05, 0) is 37.2 Å². The highest BCUT2D eigenvalue weighted by molar-refractivity contribution is 5.94. The maximum absolute atomic E-state index is 12.4. The van der Waals surface area contributed by atoms with Crippen LogP contribution in [0.1, 0.15) is 42.7 Å². The largest absolute Gasteiger partial charge is 0.391 e. The van der Waals surface area contributed by atoms with Crippen molar-refractivity contribution in [1.82, 2.24) is 9.88 Å². The van der Waals surface area contributed by atoms with Gasteiger partial charge in [-0.15, -0.1) is 0 Å². The zero-order valence-electron chi connectivity index (χ0n) is 12.9. The quantitative estimate of drug-likeness (QED) is 0.832. The molecule has 1 unspecified atom stereocenters. The predicted molar refractivity (Wildman–Crippen MR) is 81.3 cm³/mol. The summed E-state index contributed by atoms with van der Waals surface area (Å²) in [5, 5.41) is 9.92. The van der Waals surface area contributed by atoms with Gasteiger partial charge in [-0.2, -0.15) is 0 Å². The van der Waals surface area contributed by atoms with Crippen molar-refractivity contribution in [3.63, 3.8) is 0 Å². The van der Waals surface area contributed by atoms with E-state index < -0.39 is 6.10 Å². The number of H-pyrrole nitrogens is 1. The minimum atomic E-state index is -0.462. The molecule has 21 heavy (non-hydrogen) atoms. The normalized spacial score (nSPS) is 16.0. The number of aromatic nitrogens is 1. The molecule has 1 aromatic rings. The second-order valence-corrected chi connectivity index (χ2v) is 6.45. The highest BCUT2D eigenvalue weighted by Gasteiger charge is 2.31. The number of likely N-dealkylation sites (N-methyl/N-ethyl adjacent to an activating group) is 1. The third-order valence-corrected chi connectivity index (χ3v) is 3.75. The fourth-order valence-corrected chi connectivity index (χ4v) is 2.49. The monoisotopic (exact) mass is 292 g/mol. The summed E-state index contributed by atoms with van der Waals surface area (Å²) in [6, 6.07) is 3.07. The lowest BCUT2D eigenvalue weighted by atomic mass is 10.1. The van der Waals surface area contributed by atoms with Crippen molar-refractivity contribution < 1.29 is 9.90 Å². The molecule has 1 aliphatic carbocycles. The van der Waals surface area contributed by atoms with Crippen LogP contribution in [0.25, 0.3) is 0 Å². The Morgan fingerprint density at radius 3 is 2.67 bits per heavy atom. The van der Waals surface area contributed by atoms with Crippen molar-refractivity contribution in [2.24, 2.45) is 11.8 Å². The standard InChI is InChI=1S/C16H24N2O3/c1-10(2)6-13-7-12(8-15(20)17-13)16(21)18(3)9-14(19)11-4-5-11/h7-8,10-11,14,19H,4-6,9H2,1-3H3,(H,17,20). The van der Waals surface area contributed by atoms with Gasteiger partial charge in [0.25, 0.3) is 5.91 Å². The predicted octanol–water partition coefficient (Wildman–Crippen LogP) is 1.42. The van der Waals surface area contributed by atoms with Crippen molar-refractivity contribution >= 4 is 5.91 Å². The average Bonchev–Trinajstić information content (AvgIpc) is 3.20. The molecule has 0 aromatic carbocycles. The molecule has 1 aromatic heterocycles. The second-order valence-electron chi connectivity index (χ2n) is 6.45. The molecule has 1 amide bonds. The first-order valence-corrected chi connectivity index (χ1v) is 7.53. The molecule has 1 aliphatic rings. The Morgan fingerprint density at radius 1 is 1.43 bits per heavy atom. The number of aromatic amines is 1. The van der Waals surface area contributed by atoms with Gasteiger partial charge in [0.15, 0.2) is 0 Å². The summed E-state index contributed by atoms with van der Waals surface area (Å²) in [4.78, 5) is 28.3. The zero-order valence-corrected chi connectivity index (χ0v) is 12.9. The van der Waals surface area contributed by atoms with Crippen LogP contribution in [0.3, 0.4) is 0 Å². The molecule has 2 N–H and O–H groups in total. The first-order chi connectivity index (χ1) is 9.86. The number of carbonyl (C=O) groups is 1. The topological polar surface area (TPSA) is 73.4 Å². The molecule has 1 atom stereocenters. The molecule has 1 saturated carbocycles. The summed E-state index contributed by atoms with van der Waals surface area (Å²) in [5.74, 6) is 0.516. The molecule has 0 saturated heterocycles. The van der Waals surface area contributed by atoms with Gasteiger partial charge in [0.2, 0.25) is 5.56 Å². The van der Waals surface area contributed by atoms with Gasteiger partial charge >= 0.3 is 0 Å². The van der Waals surface area contributed by atoms with E-state index in [1.807, 2.05) is 0 Å². The van der Waals surface area contributed by atoms with Crippen LogP contribution in [0.2, 0.25) is 0 Å². The van der Waals surface area contributed by atoms with Crippen molar-refractivity contribution in [2.45, 2.75) is 39.2 Å². The fourth-order valence-electron chi connectivity index (χ4n) is 2.49. The van der Waals surface area contributed by atoms with Crippen LogP contribution in [0.15, 0.2) is 16.9 Å². The van der Waals surface area contributed by atoms with Crippen molar-refractivity contribution in [1.29, 1.82) is 0 Å². The molecule has 2 rings (SSSR count). The highest BCUT2D eigenvalue weighted by Crippen LogP contribution is 2.32. The SMILES string of the molecule is CC(C)Cc1cc(C(=O)N(C)CC(O)C2CC2)cc(=O)[nH]1. The number of amides is 1. The van der Waals surface area contributed by atoms with E-state index in [0.717, 1.165) is 25.0 Å². The Balaban J connectivity index is 2.09. The molecule has 0 radical (unpaired) electrons. The van der Waals surface area contributed by atoms with Gasteiger partial charge in [0.1, 0.15) is 0 Å². The lowest BCUT2D eigenvalue weighted by molar-refractivity contribution is 0.0645. The van der Waals surface area contributed by atoms with Crippen LogP contribution in [0.5, 0.6) is 0 Å². The van der Waals surface area contributed by atoms with E-state index in [1.54, 1.807) is 13.1 Å². The van der Waals surface area contributed by atoms with Crippen LogP contribution in [-0.2, 0) is 6.42 Å². The van der Waals surface area contributed by atoms with E-state index in [-0.39, 0.29) is 11.5 Å². The Hall–Kier alpha value is -1.62. The van der Waals surface area contributed by atoms with Crippen molar-refractivity contribution in [3.05, 3.63) is 33.7 Å². The first kappa shape index (κ1) is 15.8. The third kappa shape index (κ3) is 4.43.